The van der Waals surface area contributed by atoms with E-state index < -0.39 is 24.5 Å². The summed E-state index contributed by atoms with van der Waals surface area (Å²) in [6.45, 7) is -0.463. The van der Waals surface area contributed by atoms with Crippen molar-refractivity contribution in [3.8, 4) is 0 Å². The van der Waals surface area contributed by atoms with Crippen molar-refractivity contribution >= 4 is 40.4 Å². The summed E-state index contributed by atoms with van der Waals surface area (Å²) in [6, 6.07) is 13.5. The number of ether oxygens (including phenoxy) is 1. The molecule has 0 atom stereocenters. The Morgan fingerprint density at radius 3 is 2.60 bits per heavy atom. The summed E-state index contributed by atoms with van der Waals surface area (Å²) < 4.78 is 4.88. The molecule has 0 unspecified atom stereocenters. The standard InChI is InChI=1S/C18H18N2O4S/c21-16(20-18(23)19-14-6-7-14)10-24-17(22)11-25-15-8-5-12-3-1-2-4-13(12)9-15/h1-5,8-9,14H,6-7,10-11H2,(H2,19,20,21,23). The molecular formula is C18H18N2O4S. The fourth-order valence-corrected chi connectivity index (χ4v) is 2.94. The zero-order chi connectivity index (χ0) is 17.6. The van der Waals surface area contributed by atoms with Gasteiger partial charge in [0.15, 0.2) is 6.61 Å². The molecule has 2 aromatic rings. The van der Waals surface area contributed by atoms with Crippen LogP contribution in [0.5, 0.6) is 0 Å². The third-order valence-corrected chi connectivity index (χ3v) is 4.57. The number of rotatable bonds is 6. The largest absolute Gasteiger partial charge is 0.455 e. The van der Waals surface area contributed by atoms with Crippen molar-refractivity contribution < 1.29 is 19.1 Å². The van der Waals surface area contributed by atoms with E-state index in [-0.39, 0.29) is 11.8 Å². The first-order valence-electron chi connectivity index (χ1n) is 7.98. The van der Waals surface area contributed by atoms with Crippen molar-refractivity contribution in [1.82, 2.24) is 10.6 Å². The predicted octanol–water partition coefficient (Wildman–Crippen LogP) is 2.46. The Hall–Kier alpha value is -2.54. The van der Waals surface area contributed by atoms with Crippen LogP contribution in [-0.2, 0) is 14.3 Å². The van der Waals surface area contributed by atoms with Crippen LogP contribution in [-0.4, -0.2) is 36.3 Å². The van der Waals surface area contributed by atoms with Crippen molar-refractivity contribution in [2.45, 2.75) is 23.8 Å². The van der Waals surface area contributed by atoms with E-state index in [0.29, 0.717) is 0 Å². The number of carbonyl (C=O) groups excluding carboxylic acids is 3. The minimum absolute atomic E-state index is 0.0971. The Bertz CT molecular complexity index is 805. The van der Waals surface area contributed by atoms with Crippen LogP contribution in [0.15, 0.2) is 47.4 Å². The van der Waals surface area contributed by atoms with Gasteiger partial charge in [0.05, 0.1) is 5.75 Å². The van der Waals surface area contributed by atoms with E-state index >= 15 is 0 Å². The molecule has 130 valence electrons. The summed E-state index contributed by atoms with van der Waals surface area (Å²) in [5, 5.41) is 6.98. The molecule has 7 heteroatoms. The molecule has 1 aliphatic rings. The van der Waals surface area contributed by atoms with Gasteiger partial charge in [0.2, 0.25) is 0 Å². The Morgan fingerprint density at radius 1 is 1.08 bits per heavy atom. The lowest BCUT2D eigenvalue weighted by atomic mass is 10.1. The zero-order valence-corrected chi connectivity index (χ0v) is 14.3. The van der Waals surface area contributed by atoms with Crippen LogP contribution in [0.4, 0.5) is 4.79 Å². The maximum Gasteiger partial charge on any atom is 0.321 e. The van der Waals surface area contributed by atoms with Gasteiger partial charge < -0.3 is 10.1 Å². The van der Waals surface area contributed by atoms with Crippen molar-refractivity contribution in [1.29, 1.82) is 0 Å². The maximum absolute atomic E-state index is 11.7. The molecule has 0 radical (unpaired) electrons. The molecule has 3 amide bonds. The number of nitrogens with one attached hydrogen (secondary N) is 2. The smallest absolute Gasteiger partial charge is 0.321 e. The third kappa shape index (κ3) is 5.49. The number of hydrogen-bond donors (Lipinski definition) is 2. The van der Waals surface area contributed by atoms with Crippen molar-refractivity contribution in [3.63, 3.8) is 0 Å². The highest BCUT2D eigenvalue weighted by Crippen LogP contribution is 2.23. The van der Waals surface area contributed by atoms with E-state index in [1.807, 2.05) is 42.5 Å². The summed E-state index contributed by atoms with van der Waals surface area (Å²) in [5.41, 5.74) is 0. The van der Waals surface area contributed by atoms with E-state index in [4.69, 9.17) is 4.74 Å². The molecular weight excluding hydrogens is 340 g/mol. The van der Waals surface area contributed by atoms with E-state index in [0.717, 1.165) is 28.5 Å². The molecule has 0 bridgehead atoms. The fourth-order valence-electron chi connectivity index (χ4n) is 2.20. The summed E-state index contributed by atoms with van der Waals surface area (Å²) in [4.78, 5) is 35.6. The van der Waals surface area contributed by atoms with Crippen LogP contribution in [0.1, 0.15) is 12.8 Å². The average molecular weight is 358 g/mol. The lowest BCUT2D eigenvalue weighted by Crippen LogP contribution is -2.42. The summed E-state index contributed by atoms with van der Waals surface area (Å²) >= 11 is 1.34. The van der Waals surface area contributed by atoms with Crippen LogP contribution in [0, 0.1) is 0 Å². The average Bonchev–Trinajstić information content (AvgIpc) is 3.41. The summed E-state index contributed by atoms with van der Waals surface area (Å²) in [5.74, 6) is -1.04. The second kappa shape index (κ2) is 8.02. The normalized spacial score (nSPS) is 13.3. The Kier molecular flexibility index (Phi) is 5.55. The predicted molar refractivity (Wildman–Crippen MR) is 95.3 cm³/mol. The van der Waals surface area contributed by atoms with Crippen molar-refractivity contribution in [3.05, 3.63) is 42.5 Å². The molecule has 2 N–H and O–H groups in total. The van der Waals surface area contributed by atoms with Crippen molar-refractivity contribution in [2.24, 2.45) is 0 Å². The Morgan fingerprint density at radius 2 is 1.84 bits per heavy atom. The van der Waals surface area contributed by atoms with Crippen LogP contribution < -0.4 is 10.6 Å². The van der Waals surface area contributed by atoms with Gasteiger partial charge >= 0.3 is 12.0 Å². The van der Waals surface area contributed by atoms with E-state index in [1.165, 1.54) is 11.8 Å². The first-order chi connectivity index (χ1) is 12.1. The highest BCUT2D eigenvalue weighted by atomic mass is 32.2. The van der Waals surface area contributed by atoms with E-state index in [9.17, 15) is 14.4 Å². The summed E-state index contributed by atoms with van der Waals surface area (Å²) in [6.07, 6.45) is 1.87. The number of urea groups is 1. The highest BCUT2D eigenvalue weighted by Gasteiger charge is 2.24. The van der Waals surface area contributed by atoms with Crippen LogP contribution >= 0.6 is 11.8 Å². The fraction of sp³-hybridized carbons (Fsp3) is 0.278. The minimum atomic E-state index is -0.637. The van der Waals surface area contributed by atoms with Gasteiger partial charge in [0, 0.05) is 10.9 Å². The van der Waals surface area contributed by atoms with E-state index in [1.54, 1.807) is 0 Å². The lowest BCUT2D eigenvalue weighted by Gasteiger charge is -2.07. The van der Waals surface area contributed by atoms with Gasteiger partial charge in [0.1, 0.15) is 0 Å². The number of amides is 3. The topological polar surface area (TPSA) is 84.5 Å². The molecule has 0 aliphatic heterocycles. The highest BCUT2D eigenvalue weighted by molar-refractivity contribution is 8.00. The molecule has 1 aliphatic carbocycles. The second-order valence-corrected chi connectivity index (χ2v) is 6.80. The van der Waals surface area contributed by atoms with Gasteiger partial charge in [-0.25, -0.2) is 4.79 Å². The Labute approximate surface area is 149 Å². The second-order valence-electron chi connectivity index (χ2n) is 5.75. The molecule has 0 spiro atoms. The molecule has 0 heterocycles. The van der Waals surface area contributed by atoms with Gasteiger partial charge in [-0.05, 0) is 35.7 Å². The monoisotopic (exact) mass is 358 g/mol. The summed E-state index contributed by atoms with van der Waals surface area (Å²) in [7, 11) is 0. The molecule has 3 rings (SSSR count). The first kappa shape index (κ1) is 17.3. The van der Waals surface area contributed by atoms with Gasteiger partial charge in [-0.1, -0.05) is 30.3 Å². The minimum Gasteiger partial charge on any atom is -0.455 e. The number of carbonyl (C=O) groups is 3. The third-order valence-electron chi connectivity index (χ3n) is 3.61. The quantitative estimate of drug-likeness (QED) is 0.612. The molecule has 25 heavy (non-hydrogen) atoms. The number of thioether (sulfide) groups is 1. The molecule has 1 fully saturated rings. The molecule has 0 saturated heterocycles. The molecule has 0 aromatic heterocycles. The van der Waals surface area contributed by atoms with Gasteiger partial charge in [0.25, 0.3) is 5.91 Å². The van der Waals surface area contributed by atoms with Crippen LogP contribution in [0.2, 0.25) is 0 Å². The van der Waals surface area contributed by atoms with Gasteiger partial charge in [-0.15, -0.1) is 11.8 Å². The molecule has 1 saturated carbocycles. The number of benzene rings is 2. The van der Waals surface area contributed by atoms with Crippen molar-refractivity contribution in [2.75, 3.05) is 12.4 Å². The van der Waals surface area contributed by atoms with Crippen LogP contribution in [0.25, 0.3) is 10.8 Å². The number of fused-ring (bicyclic) bond motifs is 1. The van der Waals surface area contributed by atoms with Gasteiger partial charge in [-0.3, -0.25) is 14.9 Å². The maximum atomic E-state index is 11.7. The lowest BCUT2D eigenvalue weighted by molar-refractivity contribution is -0.145. The zero-order valence-electron chi connectivity index (χ0n) is 13.5. The molecule has 6 nitrogen and oxygen atoms in total. The molecule has 2 aromatic carbocycles. The van der Waals surface area contributed by atoms with Crippen LogP contribution in [0.3, 0.4) is 0 Å². The number of hydrogen-bond acceptors (Lipinski definition) is 5. The SMILES string of the molecule is O=C(COC(=O)CSc1ccc2ccccc2c1)NC(=O)NC1CC1. The first-order valence-corrected chi connectivity index (χ1v) is 8.96. The number of imide groups is 1. The number of esters is 1. The van der Waals surface area contributed by atoms with E-state index in [2.05, 4.69) is 10.6 Å². The Balaban J connectivity index is 1.39. The van der Waals surface area contributed by atoms with Gasteiger partial charge in [-0.2, -0.15) is 0 Å².